The first kappa shape index (κ1) is 21.5. The smallest absolute Gasteiger partial charge is 0.293 e. The third kappa shape index (κ3) is 4.69. The Morgan fingerprint density at radius 3 is 2.32 bits per heavy atom. The van der Waals surface area contributed by atoms with E-state index in [4.69, 9.17) is 4.74 Å². The average molecular weight is 419 g/mol. The van der Waals surface area contributed by atoms with Crippen molar-refractivity contribution < 1.29 is 19.2 Å². The minimum Gasteiger partial charge on any atom is -0.497 e. The molecule has 0 aromatic heterocycles. The molecule has 0 saturated heterocycles. The first-order valence-electron chi connectivity index (χ1n) is 9.36. The number of hydrogen-bond donors (Lipinski definition) is 1. The maximum absolute atomic E-state index is 13.1. The van der Waals surface area contributed by atoms with E-state index >= 15 is 0 Å². The Labute approximate surface area is 179 Å². The van der Waals surface area contributed by atoms with E-state index in [1.54, 1.807) is 55.4 Å². The largest absolute Gasteiger partial charge is 0.497 e. The number of ether oxygens (including phenoxy) is 1. The van der Waals surface area contributed by atoms with Crippen molar-refractivity contribution in [2.45, 2.75) is 0 Å². The maximum atomic E-state index is 13.1. The van der Waals surface area contributed by atoms with Crippen LogP contribution in [-0.4, -0.2) is 37.8 Å². The van der Waals surface area contributed by atoms with Crippen molar-refractivity contribution in [1.82, 2.24) is 0 Å². The summed E-state index contributed by atoms with van der Waals surface area (Å²) in [5.41, 5.74) is 1.14. The lowest BCUT2D eigenvalue weighted by Gasteiger charge is -2.14. The van der Waals surface area contributed by atoms with Gasteiger partial charge in [0.15, 0.2) is 5.78 Å². The van der Waals surface area contributed by atoms with Gasteiger partial charge in [-0.15, -0.1) is 0 Å². The third-order valence-electron chi connectivity index (χ3n) is 4.66. The second-order valence-corrected chi connectivity index (χ2v) is 6.92. The number of carbonyl (C=O) groups excluding carboxylic acids is 2. The molecule has 0 fully saturated rings. The van der Waals surface area contributed by atoms with Gasteiger partial charge in [-0.2, -0.15) is 0 Å². The van der Waals surface area contributed by atoms with Crippen molar-refractivity contribution in [3.05, 3.63) is 93.5 Å². The van der Waals surface area contributed by atoms with Crippen molar-refractivity contribution in [2.75, 3.05) is 31.4 Å². The summed E-state index contributed by atoms with van der Waals surface area (Å²) < 4.78 is 5.15. The zero-order valence-electron chi connectivity index (χ0n) is 17.3. The molecule has 8 heteroatoms. The lowest BCUT2D eigenvalue weighted by Crippen LogP contribution is -2.17. The molecule has 0 spiro atoms. The second-order valence-electron chi connectivity index (χ2n) is 6.92. The van der Waals surface area contributed by atoms with Crippen LogP contribution in [0.2, 0.25) is 0 Å². The quantitative estimate of drug-likeness (QED) is 0.351. The van der Waals surface area contributed by atoms with Crippen LogP contribution < -0.4 is 15.0 Å². The Balaban J connectivity index is 1.96. The molecule has 0 bridgehead atoms. The van der Waals surface area contributed by atoms with Crippen molar-refractivity contribution in [2.24, 2.45) is 0 Å². The Morgan fingerprint density at radius 1 is 0.968 bits per heavy atom. The van der Waals surface area contributed by atoms with Crippen LogP contribution in [0.3, 0.4) is 0 Å². The lowest BCUT2D eigenvalue weighted by molar-refractivity contribution is -0.384. The molecule has 3 aromatic carbocycles. The number of carbonyl (C=O) groups is 2. The minimum atomic E-state index is -0.534. The molecule has 8 nitrogen and oxygen atoms in total. The van der Waals surface area contributed by atoms with Gasteiger partial charge in [-0.3, -0.25) is 19.7 Å². The van der Waals surface area contributed by atoms with Gasteiger partial charge in [0.05, 0.1) is 17.6 Å². The Bertz CT molecular complexity index is 1160. The fourth-order valence-electron chi connectivity index (χ4n) is 3.12. The van der Waals surface area contributed by atoms with Gasteiger partial charge in [0.25, 0.3) is 11.6 Å². The summed E-state index contributed by atoms with van der Waals surface area (Å²) in [6.07, 6.45) is 0. The second kappa shape index (κ2) is 9.08. The predicted octanol–water partition coefficient (Wildman–Crippen LogP) is 4.15. The third-order valence-corrected chi connectivity index (χ3v) is 4.66. The molecule has 0 aliphatic rings. The summed E-state index contributed by atoms with van der Waals surface area (Å²) in [7, 11) is 4.89. The highest BCUT2D eigenvalue weighted by Crippen LogP contribution is 2.29. The molecule has 0 atom stereocenters. The molecule has 3 rings (SSSR count). The van der Waals surface area contributed by atoms with E-state index in [-0.39, 0.29) is 22.4 Å². The van der Waals surface area contributed by atoms with Crippen molar-refractivity contribution in [3.8, 4) is 5.75 Å². The van der Waals surface area contributed by atoms with E-state index in [0.29, 0.717) is 17.1 Å². The molecular formula is C23H21N3O5. The fourth-order valence-corrected chi connectivity index (χ4v) is 3.12. The summed E-state index contributed by atoms with van der Waals surface area (Å²) in [5.74, 6) is -0.378. The number of hydrogen-bond acceptors (Lipinski definition) is 6. The van der Waals surface area contributed by atoms with Crippen LogP contribution in [0.15, 0.2) is 66.7 Å². The van der Waals surface area contributed by atoms with Crippen molar-refractivity contribution in [1.29, 1.82) is 0 Å². The Morgan fingerprint density at radius 2 is 1.68 bits per heavy atom. The molecule has 1 amide bonds. The highest BCUT2D eigenvalue weighted by Gasteiger charge is 2.22. The molecule has 1 N–H and O–H groups in total. The SMILES string of the molecule is COc1cccc(NC(=O)c2ccccc2C(=O)c2ccc(N(C)C)c([N+](=O)[O-])c2)c1. The molecule has 31 heavy (non-hydrogen) atoms. The Kier molecular flexibility index (Phi) is 6.30. The van der Waals surface area contributed by atoms with Gasteiger partial charge >= 0.3 is 0 Å². The van der Waals surface area contributed by atoms with E-state index in [1.807, 2.05) is 0 Å². The molecule has 0 aliphatic heterocycles. The van der Waals surface area contributed by atoms with Crippen molar-refractivity contribution >= 4 is 28.8 Å². The monoisotopic (exact) mass is 419 g/mol. The number of nitrogens with zero attached hydrogens (tertiary/aromatic N) is 2. The van der Waals surface area contributed by atoms with Crippen LogP contribution in [-0.2, 0) is 0 Å². The van der Waals surface area contributed by atoms with Gasteiger partial charge in [-0.25, -0.2) is 0 Å². The standard InChI is InChI=1S/C23H21N3O5/c1-25(2)20-12-11-15(13-21(20)26(29)30)22(27)18-9-4-5-10-19(18)23(28)24-16-7-6-8-17(14-16)31-3/h4-14H,1-3H3,(H,24,28). The molecule has 0 unspecified atom stereocenters. The highest BCUT2D eigenvalue weighted by molar-refractivity contribution is 6.18. The fraction of sp³-hybridized carbons (Fsp3) is 0.130. The van der Waals surface area contributed by atoms with Crippen LogP contribution in [0.25, 0.3) is 0 Å². The number of methoxy groups -OCH3 is 1. The number of amides is 1. The van der Waals surface area contributed by atoms with Gasteiger partial charge in [0.1, 0.15) is 11.4 Å². The van der Waals surface area contributed by atoms with Gasteiger partial charge in [-0.05, 0) is 30.3 Å². The average Bonchev–Trinajstić information content (AvgIpc) is 2.78. The summed E-state index contributed by atoms with van der Waals surface area (Å²) >= 11 is 0. The highest BCUT2D eigenvalue weighted by atomic mass is 16.6. The van der Waals surface area contributed by atoms with Gasteiger partial charge in [0, 0.05) is 43.0 Å². The molecule has 0 heterocycles. The number of nitro benzene ring substituents is 1. The lowest BCUT2D eigenvalue weighted by atomic mass is 9.97. The molecular weight excluding hydrogens is 398 g/mol. The van der Waals surface area contributed by atoms with E-state index in [0.717, 1.165) is 0 Å². The molecule has 0 saturated carbocycles. The van der Waals surface area contributed by atoms with Crippen LogP contribution >= 0.6 is 0 Å². The van der Waals surface area contributed by atoms with E-state index in [1.165, 1.54) is 37.4 Å². The molecule has 158 valence electrons. The number of anilines is 2. The number of rotatable bonds is 7. The van der Waals surface area contributed by atoms with Gasteiger partial charge in [0.2, 0.25) is 0 Å². The van der Waals surface area contributed by atoms with Gasteiger partial charge in [-0.1, -0.05) is 24.3 Å². The topological polar surface area (TPSA) is 102 Å². The normalized spacial score (nSPS) is 10.3. The number of benzene rings is 3. The summed E-state index contributed by atoms with van der Waals surface area (Å²) in [6.45, 7) is 0. The first-order valence-corrected chi connectivity index (χ1v) is 9.36. The summed E-state index contributed by atoms with van der Waals surface area (Å²) in [6, 6.07) is 17.4. The molecule has 0 radical (unpaired) electrons. The van der Waals surface area contributed by atoms with Crippen LogP contribution in [0, 0.1) is 10.1 Å². The zero-order valence-corrected chi connectivity index (χ0v) is 17.3. The maximum Gasteiger partial charge on any atom is 0.293 e. The Hall–Kier alpha value is -4.20. The van der Waals surface area contributed by atoms with Crippen molar-refractivity contribution in [3.63, 3.8) is 0 Å². The van der Waals surface area contributed by atoms with E-state index < -0.39 is 16.6 Å². The van der Waals surface area contributed by atoms with E-state index in [9.17, 15) is 19.7 Å². The summed E-state index contributed by atoms with van der Waals surface area (Å²) in [4.78, 5) is 38.5. The first-order chi connectivity index (χ1) is 14.8. The van der Waals surface area contributed by atoms with Crippen LogP contribution in [0.1, 0.15) is 26.3 Å². The zero-order chi connectivity index (χ0) is 22.5. The summed E-state index contributed by atoms with van der Waals surface area (Å²) in [5, 5.41) is 14.2. The van der Waals surface area contributed by atoms with Gasteiger partial charge < -0.3 is 15.0 Å². The molecule has 3 aromatic rings. The number of nitro groups is 1. The van der Waals surface area contributed by atoms with E-state index in [2.05, 4.69) is 5.32 Å². The minimum absolute atomic E-state index is 0.124. The predicted molar refractivity (Wildman–Crippen MR) is 118 cm³/mol. The number of ketones is 1. The van der Waals surface area contributed by atoms with Crippen LogP contribution in [0.5, 0.6) is 5.75 Å². The molecule has 0 aliphatic carbocycles. The number of nitrogens with one attached hydrogen (secondary N) is 1. The van der Waals surface area contributed by atoms with Crippen LogP contribution in [0.4, 0.5) is 17.1 Å².